The van der Waals surface area contributed by atoms with E-state index < -0.39 is 35.0 Å². The molecule has 0 saturated carbocycles. The average molecular weight is 323 g/mol. The summed E-state index contributed by atoms with van der Waals surface area (Å²) in [6.45, 7) is 4.35. The lowest BCUT2D eigenvalue weighted by Gasteiger charge is -2.32. The SMILES string of the molecule is C=CCOC(=O)C(C(C)=O)[C@](N)(C(=O)OC)c1ccc(F)cc1. The van der Waals surface area contributed by atoms with Crippen molar-refractivity contribution in [3.63, 3.8) is 0 Å². The first-order valence-electron chi connectivity index (χ1n) is 6.70. The number of carbonyl (C=O) groups is 3. The number of ketones is 1. The molecule has 7 heteroatoms. The summed E-state index contributed by atoms with van der Waals surface area (Å²) < 4.78 is 22.6. The van der Waals surface area contributed by atoms with Crippen LogP contribution in [0, 0.1) is 11.7 Å². The van der Waals surface area contributed by atoms with Gasteiger partial charge in [0, 0.05) is 0 Å². The Balaban J connectivity index is 3.43. The van der Waals surface area contributed by atoms with Gasteiger partial charge in [0.05, 0.1) is 7.11 Å². The van der Waals surface area contributed by atoms with Crippen LogP contribution in [0.1, 0.15) is 12.5 Å². The first kappa shape index (κ1) is 18.5. The van der Waals surface area contributed by atoms with Gasteiger partial charge in [0.25, 0.3) is 0 Å². The number of benzene rings is 1. The molecule has 1 aromatic rings. The highest BCUT2D eigenvalue weighted by molar-refractivity contribution is 6.05. The number of halogens is 1. The van der Waals surface area contributed by atoms with E-state index in [1.54, 1.807) is 0 Å². The maximum atomic E-state index is 13.1. The topological polar surface area (TPSA) is 95.7 Å². The van der Waals surface area contributed by atoms with Crippen molar-refractivity contribution in [2.24, 2.45) is 11.7 Å². The fourth-order valence-corrected chi connectivity index (χ4v) is 2.19. The number of esters is 2. The Hall–Kier alpha value is -2.54. The summed E-state index contributed by atoms with van der Waals surface area (Å²) in [7, 11) is 1.07. The molecule has 0 aliphatic carbocycles. The molecule has 0 spiro atoms. The average Bonchev–Trinajstić information content (AvgIpc) is 2.52. The number of ether oxygens (including phenoxy) is 2. The maximum absolute atomic E-state index is 13.1. The van der Waals surface area contributed by atoms with Crippen LogP contribution >= 0.6 is 0 Å². The van der Waals surface area contributed by atoms with Crippen molar-refractivity contribution < 1.29 is 28.2 Å². The summed E-state index contributed by atoms with van der Waals surface area (Å²) in [5, 5.41) is 0. The predicted octanol–water partition coefficient (Wildman–Crippen LogP) is 1.09. The second-order valence-electron chi connectivity index (χ2n) is 4.83. The molecular weight excluding hydrogens is 305 g/mol. The van der Waals surface area contributed by atoms with E-state index in [0.29, 0.717) is 0 Å². The molecule has 6 nitrogen and oxygen atoms in total. The van der Waals surface area contributed by atoms with Gasteiger partial charge in [-0.05, 0) is 24.6 Å². The molecule has 0 radical (unpaired) electrons. The van der Waals surface area contributed by atoms with E-state index in [2.05, 4.69) is 11.3 Å². The monoisotopic (exact) mass is 323 g/mol. The normalized spacial score (nSPS) is 14.3. The first-order chi connectivity index (χ1) is 10.8. The number of rotatable bonds is 7. The van der Waals surface area contributed by atoms with Gasteiger partial charge in [-0.3, -0.25) is 9.59 Å². The standard InChI is InChI=1S/C16H18FNO5/c1-4-9-23-14(20)13(10(2)19)16(18,15(21)22-3)11-5-7-12(17)8-6-11/h4-8,13H,1,9,18H2,2-3H3/t13?,16-/m0/s1. The molecule has 0 fully saturated rings. The Morgan fingerprint density at radius 3 is 2.35 bits per heavy atom. The minimum Gasteiger partial charge on any atom is -0.467 e. The van der Waals surface area contributed by atoms with Crippen LogP contribution in [-0.4, -0.2) is 31.4 Å². The molecule has 0 aromatic heterocycles. The second-order valence-corrected chi connectivity index (χ2v) is 4.83. The zero-order chi connectivity index (χ0) is 17.6. The van der Waals surface area contributed by atoms with Crippen LogP contribution in [0.5, 0.6) is 0 Å². The molecule has 1 aromatic carbocycles. The summed E-state index contributed by atoms with van der Waals surface area (Å²) in [6.07, 6.45) is 1.31. The number of Topliss-reactive ketones (excluding diaryl/α,β-unsaturated/α-hetero) is 1. The van der Waals surface area contributed by atoms with Crippen molar-refractivity contribution in [2.75, 3.05) is 13.7 Å². The molecular formula is C16H18FNO5. The minimum atomic E-state index is -2.13. The summed E-state index contributed by atoms with van der Waals surface area (Å²) in [4.78, 5) is 36.4. The van der Waals surface area contributed by atoms with Crippen LogP contribution < -0.4 is 5.73 Å². The van der Waals surface area contributed by atoms with E-state index in [9.17, 15) is 18.8 Å². The van der Waals surface area contributed by atoms with E-state index in [0.717, 1.165) is 26.2 Å². The molecule has 0 saturated heterocycles. The third kappa shape index (κ3) is 3.81. The number of nitrogens with two attached hydrogens (primary N) is 1. The Morgan fingerprint density at radius 1 is 1.35 bits per heavy atom. The fraction of sp³-hybridized carbons (Fsp3) is 0.312. The maximum Gasteiger partial charge on any atom is 0.331 e. The smallest absolute Gasteiger partial charge is 0.331 e. The third-order valence-corrected chi connectivity index (χ3v) is 3.29. The second kappa shape index (κ2) is 7.64. The van der Waals surface area contributed by atoms with Crippen molar-refractivity contribution in [1.29, 1.82) is 0 Å². The summed E-state index contributed by atoms with van der Waals surface area (Å²) >= 11 is 0. The van der Waals surface area contributed by atoms with Crippen molar-refractivity contribution in [3.05, 3.63) is 48.3 Å². The van der Waals surface area contributed by atoms with Crippen LogP contribution in [0.3, 0.4) is 0 Å². The summed E-state index contributed by atoms with van der Waals surface area (Å²) in [5.41, 5.74) is 4.02. The first-order valence-corrected chi connectivity index (χ1v) is 6.70. The lowest BCUT2D eigenvalue weighted by molar-refractivity contribution is -0.163. The Kier molecular flexibility index (Phi) is 6.15. The molecule has 0 aliphatic rings. The van der Waals surface area contributed by atoms with Crippen LogP contribution in [0.4, 0.5) is 4.39 Å². The summed E-state index contributed by atoms with van der Waals surface area (Å²) in [6, 6.07) is 4.55. The molecule has 0 aliphatic heterocycles. The molecule has 2 atom stereocenters. The van der Waals surface area contributed by atoms with Gasteiger partial charge in [-0.25, -0.2) is 9.18 Å². The van der Waals surface area contributed by atoms with E-state index in [1.807, 2.05) is 0 Å². The number of methoxy groups -OCH3 is 1. The van der Waals surface area contributed by atoms with Crippen LogP contribution in [0.15, 0.2) is 36.9 Å². The van der Waals surface area contributed by atoms with Crippen LogP contribution in [-0.2, 0) is 29.4 Å². The molecule has 0 bridgehead atoms. The largest absolute Gasteiger partial charge is 0.467 e. The number of hydrogen-bond acceptors (Lipinski definition) is 6. The lowest BCUT2D eigenvalue weighted by Crippen LogP contribution is -2.57. The number of hydrogen-bond donors (Lipinski definition) is 1. The van der Waals surface area contributed by atoms with Gasteiger partial charge >= 0.3 is 11.9 Å². The molecule has 23 heavy (non-hydrogen) atoms. The zero-order valence-corrected chi connectivity index (χ0v) is 12.9. The van der Waals surface area contributed by atoms with Gasteiger partial charge in [0.15, 0.2) is 5.54 Å². The lowest BCUT2D eigenvalue weighted by atomic mass is 9.76. The molecule has 0 amide bonds. The van der Waals surface area contributed by atoms with Crippen molar-refractivity contribution in [1.82, 2.24) is 0 Å². The molecule has 124 valence electrons. The van der Waals surface area contributed by atoms with E-state index in [4.69, 9.17) is 10.5 Å². The van der Waals surface area contributed by atoms with Gasteiger partial charge in [0.2, 0.25) is 0 Å². The highest BCUT2D eigenvalue weighted by atomic mass is 19.1. The highest BCUT2D eigenvalue weighted by Crippen LogP contribution is 2.31. The Bertz CT molecular complexity index is 613. The highest BCUT2D eigenvalue weighted by Gasteiger charge is 2.52. The Labute approximate surface area is 133 Å². The Morgan fingerprint density at radius 2 is 1.91 bits per heavy atom. The van der Waals surface area contributed by atoms with Gasteiger partial charge in [-0.1, -0.05) is 24.8 Å². The number of carbonyl (C=O) groups excluding carboxylic acids is 3. The molecule has 1 unspecified atom stereocenters. The summed E-state index contributed by atoms with van der Waals surface area (Å²) in [5.74, 6) is -4.89. The van der Waals surface area contributed by atoms with Crippen molar-refractivity contribution >= 4 is 17.7 Å². The van der Waals surface area contributed by atoms with Crippen LogP contribution in [0.25, 0.3) is 0 Å². The van der Waals surface area contributed by atoms with Crippen molar-refractivity contribution in [3.8, 4) is 0 Å². The van der Waals surface area contributed by atoms with Gasteiger partial charge in [-0.15, -0.1) is 0 Å². The van der Waals surface area contributed by atoms with E-state index in [-0.39, 0.29) is 12.2 Å². The molecule has 1 rings (SSSR count). The molecule has 2 N–H and O–H groups in total. The van der Waals surface area contributed by atoms with E-state index in [1.165, 1.54) is 18.2 Å². The zero-order valence-electron chi connectivity index (χ0n) is 12.9. The van der Waals surface area contributed by atoms with Crippen molar-refractivity contribution in [2.45, 2.75) is 12.5 Å². The third-order valence-electron chi connectivity index (χ3n) is 3.29. The van der Waals surface area contributed by atoms with E-state index >= 15 is 0 Å². The fourth-order valence-electron chi connectivity index (χ4n) is 2.19. The minimum absolute atomic E-state index is 0.0569. The predicted molar refractivity (Wildman–Crippen MR) is 79.6 cm³/mol. The quantitative estimate of drug-likeness (QED) is 0.458. The van der Waals surface area contributed by atoms with Gasteiger partial charge in [0.1, 0.15) is 24.1 Å². The van der Waals surface area contributed by atoms with Gasteiger partial charge in [-0.2, -0.15) is 0 Å². The van der Waals surface area contributed by atoms with Crippen LogP contribution in [0.2, 0.25) is 0 Å². The van der Waals surface area contributed by atoms with Gasteiger partial charge < -0.3 is 15.2 Å². The molecule has 0 heterocycles.